The lowest BCUT2D eigenvalue weighted by Crippen LogP contribution is -2.53. The van der Waals surface area contributed by atoms with Crippen LogP contribution < -0.4 is 0 Å². The molecule has 5 heteroatoms. The molecular formula is C27H39N3O2. The smallest absolute Gasteiger partial charge is 0.247 e. The minimum Gasteiger partial charge on any atom is -0.341 e. The summed E-state index contributed by atoms with van der Waals surface area (Å²) >= 11 is 0. The van der Waals surface area contributed by atoms with Gasteiger partial charge in [0.25, 0.3) is 0 Å². The summed E-state index contributed by atoms with van der Waals surface area (Å²) in [7, 11) is 0. The molecule has 1 saturated heterocycles. The quantitative estimate of drug-likeness (QED) is 0.611. The number of nitrogens with zero attached hydrogens (tertiary/aromatic N) is 3. The van der Waals surface area contributed by atoms with E-state index in [2.05, 4.69) is 25.1 Å². The van der Waals surface area contributed by atoms with Crippen LogP contribution in [-0.4, -0.2) is 53.0 Å². The van der Waals surface area contributed by atoms with Crippen LogP contribution in [0.5, 0.6) is 0 Å². The van der Waals surface area contributed by atoms with Crippen LogP contribution in [0, 0.1) is 11.3 Å². The third kappa shape index (κ3) is 4.97. The third-order valence-corrected chi connectivity index (χ3v) is 7.00. The summed E-state index contributed by atoms with van der Waals surface area (Å²) in [6.07, 6.45) is 5.55. The normalized spacial score (nSPS) is 23.6. The van der Waals surface area contributed by atoms with Crippen molar-refractivity contribution in [2.24, 2.45) is 16.3 Å². The number of hydrogen-bond donors (Lipinski definition) is 0. The van der Waals surface area contributed by atoms with E-state index in [-0.39, 0.29) is 17.7 Å². The van der Waals surface area contributed by atoms with E-state index < -0.39 is 11.5 Å². The number of allylic oxidation sites excluding steroid dienone is 2. The molecular weight excluding hydrogens is 398 g/mol. The minimum atomic E-state index is -0.608. The van der Waals surface area contributed by atoms with Gasteiger partial charge in [-0.15, -0.1) is 0 Å². The van der Waals surface area contributed by atoms with Crippen LogP contribution in [0.2, 0.25) is 0 Å². The lowest BCUT2D eigenvalue weighted by Gasteiger charge is -2.44. The monoisotopic (exact) mass is 437 g/mol. The maximum Gasteiger partial charge on any atom is 0.247 e. The first kappa shape index (κ1) is 24.2. The van der Waals surface area contributed by atoms with E-state index in [0.717, 1.165) is 43.5 Å². The summed E-state index contributed by atoms with van der Waals surface area (Å²) in [4.78, 5) is 36.1. The van der Waals surface area contributed by atoms with Crippen molar-refractivity contribution in [1.82, 2.24) is 9.80 Å². The van der Waals surface area contributed by atoms with Crippen LogP contribution in [0.25, 0.3) is 0 Å². The molecule has 2 amide bonds. The second kappa shape index (κ2) is 10.5. The molecule has 1 aliphatic carbocycles. The maximum atomic E-state index is 13.9. The summed E-state index contributed by atoms with van der Waals surface area (Å²) in [5.74, 6) is 0.309. The van der Waals surface area contributed by atoms with E-state index in [1.54, 1.807) is 0 Å². The van der Waals surface area contributed by atoms with Gasteiger partial charge in [-0.05, 0) is 64.0 Å². The number of likely N-dealkylation sites (tertiary alicyclic amines) is 1. The number of piperidine rings is 1. The summed E-state index contributed by atoms with van der Waals surface area (Å²) in [6.45, 7) is 13.0. The van der Waals surface area contributed by atoms with Crippen molar-refractivity contribution in [3.63, 3.8) is 0 Å². The zero-order chi connectivity index (χ0) is 23.3. The lowest BCUT2D eigenvalue weighted by atomic mass is 9.67. The molecule has 1 spiro atoms. The van der Waals surface area contributed by atoms with Gasteiger partial charge in [0.15, 0.2) is 0 Å². The van der Waals surface area contributed by atoms with Gasteiger partial charge < -0.3 is 9.80 Å². The fraction of sp³-hybridized carbons (Fsp3) is 0.593. The highest BCUT2D eigenvalue weighted by molar-refractivity contribution is 6.15. The van der Waals surface area contributed by atoms with Crippen molar-refractivity contribution >= 4 is 17.5 Å². The van der Waals surface area contributed by atoms with Crippen molar-refractivity contribution in [2.45, 2.75) is 72.9 Å². The number of amides is 2. The summed E-state index contributed by atoms with van der Waals surface area (Å²) < 4.78 is 0. The Hall–Kier alpha value is -2.43. The Bertz CT molecular complexity index is 870. The minimum absolute atomic E-state index is 0.0636. The molecule has 0 unspecified atom stereocenters. The second-order valence-corrected chi connectivity index (χ2v) is 9.60. The van der Waals surface area contributed by atoms with Gasteiger partial charge in [0.1, 0.15) is 6.04 Å². The molecule has 0 aromatic heterocycles. The van der Waals surface area contributed by atoms with Crippen molar-refractivity contribution in [1.29, 1.82) is 0 Å². The van der Waals surface area contributed by atoms with Gasteiger partial charge in [-0.1, -0.05) is 49.8 Å². The Morgan fingerprint density at radius 3 is 2.47 bits per heavy atom. The molecule has 2 atom stereocenters. The number of carbonyl (C=O) groups excluding carboxylic acids is 2. The van der Waals surface area contributed by atoms with Crippen LogP contribution in [0.4, 0.5) is 0 Å². The van der Waals surface area contributed by atoms with Gasteiger partial charge in [0.2, 0.25) is 11.8 Å². The Morgan fingerprint density at radius 2 is 1.84 bits per heavy atom. The molecule has 0 bridgehead atoms. The van der Waals surface area contributed by atoms with Gasteiger partial charge >= 0.3 is 0 Å². The van der Waals surface area contributed by atoms with Gasteiger partial charge in [0.05, 0.1) is 11.1 Å². The average molecular weight is 438 g/mol. The van der Waals surface area contributed by atoms with Crippen LogP contribution in [0.1, 0.15) is 65.9 Å². The molecule has 1 heterocycles. The Balaban J connectivity index is 1.97. The number of rotatable bonds is 7. The van der Waals surface area contributed by atoms with Crippen LogP contribution in [-0.2, 0) is 16.1 Å². The molecule has 0 radical (unpaired) electrons. The SMILES string of the molecule is CCN(CC)C(=O)[C@@H](N=C1C=C(C)CC[C@]12CCCN(Cc1ccccc1)C2=O)C(C)C. The van der Waals surface area contributed by atoms with E-state index in [9.17, 15) is 9.59 Å². The number of hydrogen-bond acceptors (Lipinski definition) is 3. The summed E-state index contributed by atoms with van der Waals surface area (Å²) in [5.41, 5.74) is 2.60. The predicted molar refractivity (Wildman–Crippen MR) is 131 cm³/mol. The van der Waals surface area contributed by atoms with Gasteiger partial charge in [-0.2, -0.15) is 0 Å². The Kier molecular flexibility index (Phi) is 7.91. The van der Waals surface area contributed by atoms with Gasteiger partial charge in [-0.3, -0.25) is 14.6 Å². The number of aliphatic imine (C=N–C) groups is 1. The molecule has 174 valence electrons. The van der Waals surface area contributed by atoms with Gasteiger partial charge in [-0.25, -0.2) is 0 Å². The van der Waals surface area contributed by atoms with E-state index in [1.807, 2.05) is 55.7 Å². The molecule has 1 fully saturated rings. The fourth-order valence-corrected chi connectivity index (χ4v) is 5.01. The van der Waals surface area contributed by atoms with E-state index in [4.69, 9.17) is 4.99 Å². The van der Waals surface area contributed by atoms with Crippen LogP contribution >= 0.6 is 0 Å². The predicted octanol–water partition coefficient (Wildman–Crippen LogP) is 4.87. The zero-order valence-corrected chi connectivity index (χ0v) is 20.4. The van der Waals surface area contributed by atoms with Crippen LogP contribution in [0.3, 0.4) is 0 Å². The number of benzene rings is 1. The molecule has 1 aromatic carbocycles. The standard InChI is InChI=1S/C27H39N3O2/c1-6-29(7-2)25(31)24(20(3)4)28-23-18-21(5)14-16-27(23)15-11-17-30(26(27)32)19-22-12-9-8-10-13-22/h8-10,12-13,18,20,24H,6-7,11,14-17,19H2,1-5H3/t24-,27+/m0/s1. The van der Waals surface area contributed by atoms with E-state index >= 15 is 0 Å². The van der Waals surface area contributed by atoms with Crippen molar-refractivity contribution in [3.05, 3.63) is 47.5 Å². The molecule has 3 rings (SSSR count). The molecule has 2 aliphatic rings. The topological polar surface area (TPSA) is 53.0 Å². The molecule has 32 heavy (non-hydrogen) atoms. The van der Waals surface area contributed by atoms with Crippen molar-refractivity contribution < 1.29 is 9.59 Å². The summed E-state index contributed by atoms with van der Waals surface area (Å²) in [5, 5.41) is 0. The van der Waals surface area contributed by atoms with Crippen LogP contribution in [0.15, 0.2) is 47.0 Å². The second-order valence-electron chi connectivity index (χ2n) is 9.60. The van der Waals surface area contributed by atoms with Gasteiger partial charge in [0, 0.05) is 26.2 Å². The molecule has 1 aliphatic heterocycles. The molecule has 0 saturated carbocycles. The fourth-order valence-electron chi connectivity index (χ4n) is 5.01. The highest BCUT2D eigenvalue weighted by Gasteiger charge is 2.48. The van der Waals surface area contributed by atoms with E-state index in [1.165, 1.54) is 5.57 Å². The summed E-state index contributed by atoms with van der Waals surface area (Å²) in [6, 6.07) is 9.73. The Morgan fingerprint density at radius 1 is 1.16 bits per heavy atom. The molecule has 1 aromatic rings. The third-order valence-electron chi connectivity index (χ3n) is 7.00. The Labute approximate surface area is 193 Å². The highest BCUT2D eigenvalue weighted by atomic mass is 16.2. The number of likely N-dealkylation sites (N-methyl/N-ethyl adjacent to an activating group) is 1. The first-order chi connectivity index (χ1) is 15.3. The zero-order valence-electron chi connectivity index (χ0n) is 20.4. The molecule has 0 N–H and O–H groups in total. The largest absolute Gasteiger partial charge is 0.341 e. The average Bonchev–Trinajstić information content (AvgIpc) is 2.78. The first-order valence-corrected chi connectivity index (χ1v) is 12.2. The highest BCUT2D eigenvalue weighted by Crippen LogP contribution is 2.43. The lowest BCUT2D eigenvalue weighted by molar-refractivity contribution is -0.143. The van der Waals surface area contributed by atoms with Crippen molar-refractivity contribution in [3.8, 4) is 0 Å². The van der Waals surface area contributed by atoms with Crippen molar-refractivity contribution in [2.75, 3.05) is 19.6 Å². The first-order valence-electron chi connectivity index (χ1n) is 12.2. The van der Waals surface area contributed by atoms with E-state index in [0.29, 0.717) is 19.6 Å². The molecule has 5 nitrogen and oxygen atoms in total. The number of carbonyl (C=O) groups is 2. The maximum absolute atomic E-state index is 13.9.